The van der Waals surface area contributed by atoms with Gasteiger partial charge in [-0.3, -0.25) is 0 Å². The first-order chi connectivity index (χ1) is 14.8. The van der Waals surface area contributed by atoms with Gasteiger partial charge in [-0.1, -0.05) is 17.8 Å². The van der Waals surface area contributed by atoms with E-state index in [-0.39, 0.29) is 28.4 Å². The first-order valence-electron chi connectivity index (χ1n) is 9.02. The zero-order chi connectivity index (χ0) is 22.5. The molecule has 0 heterocycles. The highest BCUT2D eigenvalue weighted by Crippen LogP contribution is 2.41. The summed E-state index contributed by atoms with van der Waals surface area (Å²) in [5.74, 6) is -0.587. The van der Waals surface area contributed by atoms with Gasteiger partial charge in [-0.2, -0.15) is 0 Å². The van der Waals surface area contributed by atoms with Crippen molar-refractivity contribution in [3.05, 3.63) is 65.7 Å². The van der Waals surface area contributed by atoms with E-state index in [1.54, 1.807) is 24.3 Å². The third-order valence-electron chi connectivity index (χ3n) is 4.36. The number of ether oxygens (including phenoxy) is 2. The number of aromatic hydroxyl groups is 3. The van der Waals surface area contributed by atoms with E-state index in [2.05, 4.69) is 0 Å². The Morgan fingerprint density at radius 1 is 0.839 bits per heavy atom. The van der Waals surface area contributed by atoms with Crippen LogP contribution in [0.3, 0.4) is 0 Å². The molecule has 3 aromatic carbocycles. The predicted molar refractivity (Wildman–Crippen MR) is 117 cm³/mol. The molecule has 0 radical (unpaired) electrons. The van der Waals surface area contributed by atoms with Crippen LogP contribution in [0.25, 0.3) is 11.6 Å². The largest absolute Gasteiger partial charge is 0.508 e. The number of rotatable bonds is 7. The first-order valence-corrected chi connectivity index (χ1v) is 9.84. The molecule has 4 N–H and O–H groups in total. The van der Waals surface area contributed by atoms with E-state index in [9.17, 15) is 25.2 Å². The lowest BCUT2D eigenvalue weighted by Crippen LogP contribution is -2.01. The SMILES string of the molecule is COc1ccc(/C=C(/C(=O)O)c2cc(O)ccc2Sc2ccc(O)cc2O)cc1OC. The van der Waals surface area contributed by atoms with Gasteiger partial charge < -0.3 is 29.9 Å². The van der Waals surface area contributed by atoms with Gasteiger partial charge in [-0.15, -0.1) is 0 Å². The van der Waals surface area contributed by atoms with Crippen molar-refractivity contribution < 1.29 is 34.7 Å². The minimum atomic E-state index is -1.20. The van der Waals surface area contributed by atoms with Crippen molar-refractivity contribution in [2.45, 2.75) is 9.79 Å². The number of benzene rings is 3. The Labute approximate surface area is 182 Å². The van der Waals surface area contributed by atoms with Crippen molar-refractivity contribution in [1.29, 1.82) is 0 Å². The van der Waals surface area contributed by atoms with E-state index in [0.29, 0.717) is 26.9 Å². The Balaban J connectivity index is 2.10. The maximum absolute atomic E-state index is 12.1. The number of carboxylic acid groups (broad SMARTS) is 1. The number of phenols is 3. The van der Waals surface area contributed by atoms with Crippen LogP contribution >= 0.6 is 11.8 Å². The van der Waals surface area contributed by atoms with Gasteiger partial charge in [0, 0.05) is 16.5 Å². The van der Waals surface area contributed by atoms with E-state index in [1.807, 2.05) is 0 Å². The molecular formula is C23H20O7S. The molecule has 0 aliphatic heterocycles. The molecule has 0 spiro atoms. The molecule has 0 saturated carbocycles. The van der Waals surface area contributed by atoms with Crippen LogP contribution in [0.2, 0.25) is 0 Å². The average Bonchev–Trinajstić information content (AvgIpc) is 2.74. The number of hydrogen-bond donors (Lipinski definition) is 4. The lowest BCUT2D eigenvalue weighted by molar-refractivity contribution is -0.130. The van der Waals surface area contributed by atoms with E-state index in [0.717, 1.165) is 11.8 Å². The highest BCUT2D eigenvalue weighted by Gasteiger charge is 2.18. The minimum absolute atomic E-state index is 0.0658. The van der Waals surface area contributed by atoms with Crippen molar-refractivity contribution in [1.82, 2.24) is 0 Å². The maximum Gasteiger partial charge on any atom is 0.336 e. The summed E-state index contributed by atoms with van der Waals surface area (Å²) < 4.78 is 10.5. The van der Waals surface area contributed by atoms with Crippen molar-refractivity contribution in [3.63, 3.8) is 0 Å². The fourth-order valence-electron chi connectivity index (χ4n) is 2.89. The van der Waals surface area contributed by atoms with Gasteiger partial charge in [0.1, 0.15) is 17.2 Å². The Bertz CT molecular complexity index is 1150. The van der Waals surface area contributed by atoms with Gasteiger partial charge in [0.2, 0.25) is 0 Å². The molecule has 0 aliphatic rings. The van der Waals surface area contributed by atoms with Crippen LogP contribution in [0.4, 0.5) is 0 Å². The topological polar surface area (TPSA) is 116 Å². The summed E-state index contributed by atoms with van der Waals surface area (Å²) in [7, 11) is 2.99. The van der Waals surface area contributed by atoms with E-state index in [1.165, 1.54) is 50.6 Å². The van der Waals surface area contributed by atoms with Crippen molar-refractivity contribution in [2.75, 3.05) is 14.2 Å². The van der Waals surface area contributed by atoms with Gasteiger partial charge in [-0.25, -0.2) is 4.79 Å². The van der Waals surface area contributed by atoms with Gasteiger partial charge in [0.05, 0.1) is 24.7 Å². The van der Waals surface area contributed by atoms with Gasteiger partial charge in [0.15, 0.2) is 11.5 Å². The standard InChI is InChI=1S/C23H20O7S/c1-29-19-6-3-13(10-20(19)30-2)9-17(23(27)28)16-11-14(24)4-7-21(16)31-22-8-5-15(25)12-18(22)26/h3-12,24-26H,1-2H3,(H,27,28)/b17-9+. The monoisotopic (exact) mass is 440 g/mol. The second-order valence-corrected chi connectivity index (χ2v) is 7.50. The summed E-state index contributed by atoms with van der Waals surface area (Å²) in [5, 5.41) is 39.5. The third-order valence-corrected chi connectivity index (χ3v) is 5.51. The smallest absolute Gasteiger partial charge is 0.336 e. The summed E-state index contributed by atoms with van der Waals surface area (Å²) in [6.45, 7) is 0. The molecule has 3 rings (SSSR count). The normalized spacial score (nSPS) is 11.2. The Morgan fingerprint density at radius 2 is 1.48 bits per heavy atom. The van der Waals surface area contributed by atoms with Crippen LogP contribution < -0.4 is 9.47 Å². The summed E-state index contributed by atoms with van der Waals surface area (Å²) in [6, 6.07) is 13.5. The number of aliphatic carboxylic acids is 1. The second kappa shape index (κ2) is 9.36. The number of phenolic OH excluding ortho intramolecular Hbond substituents is 3. The van der Waals surface area contributed by atoms with Crippen LogP contribution in [0.1, 0.15) is 11.1 Å². The maximum atomic E-state index is 12.1. The van der Waals surface area contributed by atoms with Crippen molar-refractivity contribution in [3.8, 4) is 28.7 Å². The lowest BCUT2D eigenvalue weighted by Gasteiger charge is -2.13. The number of carbonyl (C=O) groups is 1. The van der Waals surface area contributed by atoms with Crippen LogP contribution in [-0.4, -0.2) is 40.6 Å². The molecule has 3 aromatic rings. The second-order valence-electron chi connectivity index (χ2n) is 6.41. The molecule has 0 unspecified atom stereocenters. The first kappa shape index (κ1) is 21.9. The van der Waals surface area contributed by atoms with Crippen molar-refractivity contribution >= 4 is 29.4 Å². The van der Waals surface area contributed by atoms with Gasteiger partial charge >= 0.3 is 5.97 Å². The van der Waals surface area contributed by atoms with Gasteiger partial charge in [0.25, 0.3) is 0 Å². The quantitative estimate of drug-likeness (QED) is 0.311. The molecule has 0 atom stereocenters. The molecule has 0 saturated heterocycles. The molecule has 0 bridgehead atoms. The molecule has 31 heavy (non-hydrogen) atoms. The molecule has 160 valence electrons. The van der Waals surface area contributed by atoms with Crippen LogP contribution in [0.15, 0.2) is 64.4 Å². The molecule has 7 nitrogen and oxygen atoms in total. The van der Waals surface area contributed by atoms with E-state index < -0.39 is 5.97 Å². The predicted octanol–water partition coefficient (Wildman–Crippen LogP) is 4.60. The molecule has 0 aromatic heterocycles. The molecule has 8 heteroatoms. The van der Waals surface area contributed by atoms with Crippen LogP contribution in [-0.2, 0) is 4.79 Å². The minimum Gasteiger partial charge on any atom is -0.508 e. The van der Waals surface area contributed by atoms with Crippen molar-refractivity contribution in [2.24, 2.45) is 0 Å². The molecule has 0 aliphatic carbocycles. The Kier molecular flexibility index (Phi) is 6.61. The Morgan fingerprint density at radius 3 is 2.10 bits per heavy atom. The molecular weight excluding hydrogens is 420 g/mol. The highest BCUT2D eigenvalue weighted by atomic mass is 32.2. The number of hydrogen-bond acceptors (Lipinski definition) is 7. The van der Waals surface area contributed by atoms with Crippen LogP contribution in [0, 0.1) is 0 Å². The van der Waals surface area contributed by atoms with Gasteiger partial charge in [-0.05, 0) is 54.1 Å². The number of methoxy groups -OCH3 is 2. The summed E-state index contributed by atoms with van der Waals surface area (Å²) in [6.07, 6.45) is 1.46. The highest BCUT2D eigenvalue weighted by molar-refractivity contribution is 7.99. The summed E-state index contributed by atoms with van der Waals surface area (Å²) >= 11 is 1.11. The molecule has 0 fully saturated rings. The Hall–Kier alpha value is -3.78. The van der Waals surface area contributed by atoms with E-state index in [4.69, 9.17) is 9.47 Å². The summed E-state index contributed by atoms with van der Waals surface area (Å²) in [5.41, 5.74) is 0.755. The van der Waals surface area contributed by atoms with Crippen LogP contribution in [0.5, 0.6) is 28.7 Å². The number of carboxylic acids is 1. The van der Waals surface area contributed by atoms with E-state index >= 15 is 0 Å². The fourth-order valence-corrected chi connectivity index (χ4v) is 3.84. The average molecular weight is 440 g/mol. The molecule has 0 amide bonds. The third kappa shape index (κ3) is 5.04. The lowest BCUT2D eigenvalue weighted by atomic mass is 10.0. The summed E-state index contributed by atoms with van der Waals surface area (Å²) in [4.78, 5) is 13.0. The zero-order valence-corrected chi connectivity index (χ0v) is 17.5. The zero-order valence-electron chi connectivity index (χ0n) is 16.7. The fraction of sp³-hybridized carbons (Fsp3) is 0.0870.